The van der Waals surface area contributed by atoms with Crippen LogP contribution in [0.15, 0.2) is 0 Å². The molecule has 1 heterocycles. The normalized spacial score (nSPS) is 36.4. The van der Waals surface area contributed by atoms with Gasteiger partial charge in [-0.3, -0.25) is 0 Å². The molecular weight excluding hydrogens is 180 g/mol. The van der Waals surface area contributed by atoms with Crippen molar-refractivity contribution in [2.24, 2.45) is 5.41 Å². The summed E-state index contributed by atoms with van der Waals surface area (Å²) in [5, 5.41) is 10.6. The molecule has 0 aromatic rings. The first-order valence-corrected chi connectivity index (χ1v) is 5.52. The molecule has 1 N–H and O–H groups in total. The standard InChI is InChI=1S/C11H20O3/c1-13-9-11(12)4-2-3-10(11)5-7-14-8-6-10/h12H,2-9H2,1H3. The molecule has 1 saturated heterocycles. The molecular formula is C11H20O3. The van der Waals surface area contributed by atoms with Crippen molar-refractivity contribution in [3.05, 3.63) is 0 Å². The fraction of sp³-hybridized carbons (Fsp3) is 1.00. The van der Waals surface area contributed by atoms with Gasteiger partial charge in [0.1, 0.15) is 0 Å². The maximum absolute atomic E-state index is 10.6. The van der Waals surface area contributed by atoms with Crippen LogP contribution in [0.25, 0.3) is 0 Å². The van der Waals surface area contributed by atoms with Crippen molar-refractivity contribution in [1.82, 2.24) is 0 Å². The van der Waals surface area contributed by atoms with Gasteiger partial charge in [-0.2, -0.15) is 0 Å². The third-order valence-corrected chi connectivity index (χ3v) is 4.07. The lowest BCUT2D eigenvalue weighted by Crippen LogP contribution is -2.50. The van der Waals surface area contributed by atoms with Gasteiger partial charge in [0, 0.05) is 25.7 Å². The van der Waals surface area contributed by atoms with Gasteiger partial charge in [-0.15, -0.1) is 0 Å². The Balaban J connectivity index is 2.14. The van der Waals surface area contributed by atoms with E-state index in [0.717, 1.165) is 45.3 Å². The maximum atomic E-state index is 10.6. The molecule has 2 fully saturated rings. The number of aliphatic hydroxyl groups is 1. The largest absolute Gasteiger partial charge is 0.387 e. The summed E-state index contributed by atoms with van der Waals surface area (Å²) in [6.45, 7) is 2.07. The first kappa shape index (κ1) is 10.4. The molecule has 2 aliphatic rings. The summed E-state index contributed by atoms with van der Waals surface area (Å²) in [6.07, 6.45) is 5.14. The van der Waals surface area contributed by atoms with Gasteiger partial charge in [-0.1, -0.05) is 0 Å². The monoisotopic (exact) mass is 200 g/mol. The second kappa shape index (κ2) is 3.80. The average molecular weight is 200 g/mol. The van der Waals surface area contributed by atoms with Crippen molar-refractivity contribution in [3.63, 3.8) is 0 Å². The van der Waals surface area contributed by atoms with Gasteiger partial charge in [0.05, 0.1) is 12.2 Å². The summed E-state index contributed by atoms with van der Waals surface area (Å²) in [6, 6.07) is 0. The molecule has 1 unspecified atom stereocenters. The minimum Gasteiger partial charge on any atom is -0.387 e. The van der Waals surface area contributed by atoms with Gasteiger partial charge < -0.3 is 14.6 Å². The second-order valence-electron chi connectivity index (χ2n) is 4.71. The van der Waals surface area contributed by atoms with E-state index in [-0.39, 0.29) is 5.41 Å². The number of hydrogen-bond donors (Lipinski definition) is 1. The van der Waals surface area contributed by atoms with E-state index in [0.29, 0.717) is 6.61 Å². The Morgan fingerprint density at radius 3 is 2.57 bits per heavy atom. The Bertz CT molecular complexity index is 199. The second-order valence-corrected chi connectivity index (χ2v) is 4.71. The van der Waals surface area contributed by atoms with Crippen LogP contribution in [0.2, 0.25) is 0 Å². The minimum atomic E-state index is -0.592. The molecule has 1 aliphatic carbocycles. The summed E-state index contributed by atoms with van der Waals surface area (Å²) in [4.78, 5) is 0. The van der Waals surface area contributed by atoms with Crippen molar-refractivity contribution in [3.8, 4) is 0 Å². The Kier molecular flexibility index (Phi) is 2.82. The predicted octanol–water partition coefficient (Wildman–Crippen LogP) is 1.34. The molecule has 14 heavy (non-hydrogen) atoms. The highest BCUT2D eigenvalue weighted by Crippen LogP contribution is 2.52. The Morgan fingerprint density at radius 2 is 1.93 bits per heavy atom. The topological polar surface area (TPSA) is 38.7 Å². The van der Waals surface area contributed by atoms with Crippen LogP contribution in [-0.2, 0) is 9.47 Å². The SMILES string of the molecule is COCC1(O)CCCC12CCOCC2. The summed E-state index contributed by atoms with van der Waals surface area (Å²) in [7, 11) is 1.67. The molecule has 3 nitrogen and oxygen atoms in total. The first-order chi connectivity index (χ1) is 6.72. The molecule has 0 bridgehead atoms. The fourth-order valence-electron chi connectivity index (χ4n) is 3.16. The molecule has 1 saturated carbocycles. The first-order valence-electron chi connectivity index (χ1n) is 5.52. The van der Waals surface area contributed by atoms with E-state index in [9.17, 15) is 5.11 Å². The third-order valence-electron chi connectivity index (χ3n) is 4.07. The summed E-state index contributed by atoms with van der Waals surface area (Å²) >= 11 is 0. The zero-order valence-corrected chi connectivity index (χ0v) is 8.92. The minimum absolute atomic E-state index is 0.0846. The van der Waals surface area contributed by atoms with Gasteiger partial charge in [0.2, 0.25) is 0 Å². The van der Waals surface area contributed by atoms with Crippen LogP contribution in [0, 0.1) is 5.41 Å². The van der Waals surface area contributed by atoms with Gasteiger partial charge in [0.15, 0.2) is 0 Å². The van der Waals surface area contributed by atoms with Crippen molar-refractivity contribution >= 4 is 0 Å². The van der Waals surface area contributed by atoms with Crippen LogP contribution in [-0.4, -0.2) is 37.6 Å². The zero-order chi connectivity index (χ0) is 10.1. The van der Waals surface area contributed by atoms with E-state index < -0.39 is 5.60 Å². The number of rotatable bonds is 2. The van der Waals surface area contributed by atoms with Crippen LogP contribution >= 0.6 is 0 Å². The number of ether oxygens (including phenoxy) is 2. The van der Waals surface area contributed by atoms with Crippen molar-refractivity contribution in [1.29, 1.82) is 0 Å². The lowest BCUT2D eigenvalue weighted by atomic mass is 9.69. The molecule has 82 valence electrons. The molecule has 1 spiro atoms. The highest BCUT2D eigenvalue weighted by molar-refractivity contribution is 5.04. The molecule has 1 atom stereocenters. The van der Waals surface area contributed by atoms with E-state index in [1.54, 1.807) is 7.11 Å². The lowest BCUT2D eigenvalue weighted by molar-refractivity contribution is -0.142. The highest BCUT2D eigenvalue weighted by Gasteiger charge is 2.53. The van der Waals surface area contributed by atoms with E-state index >= 15 is 0 Å². The van der Waals surface area contributed by atoms with E-state index in [1.165, 1.54) is 0 Å². The smallest absolute Gasteiger partial charge is 0.0937 e. The maximum Gasteiger partial charge on any atom is 0.0937 e. The Morgan fingerprint density at radius 1 is 1.21 bits per heavy atom. The zero-order valence-electron chi connectivity index (χ0n) is 8.92. The van der Waals surface area contributed by atoms with E-state index in [4.69, 9.17) is 9.47 Å². The van der Waals surface area contributed by atoms with Crippen LogP contribution in [0.4, 0.5) is 0 Å². The van der Waals surface area contributed by atoms with Crippen LogP contribution in [0.3, 0.4) is 0 Å². The average Bonchev–Trinajstić information content (AvgIpc) is 2.46. The number of hydrogen-bond acceptors (Lipinski definition) is 3. The molecule has 0 aromatic carbocycles. The molecule has 0 amide bonds. The predicted molar refractivity (Wildman–Crippen MR) is 53.2 cm³/mol. The third kappa shape index (κ3) is 1.47. The summed E-state index contributed by atoms with van der Waals surface area (Å²) in [5.74, 6) is 0. The lowest BCUT2D eigenvalue weighted by Gasteiger charge is -2.44. The highest BCUT2D eigenvalue weighted by atomic mass is 16.5. The quantitative estimate of drug-likeness (QED) is 0.731. The molecule has 0 aromatic heterocycles. The molecule has 1 aliphatic heterocycles. The fourth-order valence-corrected chi connectivity index (χ4v) is 3.16. The van der Waals surface area contributed by atoms with Crippen molar-refractivity contribution < 1.29 is 14.6 Å². The van der Waals surface area contributed by atoms with Gasteiger partial charge in [-0.25, -0.2) is 0 Å². The van der Waals surface area contributed by atoms with Crippen molar-refractivity contribution in [2.75, 3.05) is 26.9 Å². The van der Waals surface area contributed by atoms with E-state index in [2.05, 4.69) is 0 Å². The van der Waals surface area contributed by atoms with Gasteiger partial charge >= 0.3 is 0 Å². The summed E-state index contributed by atoms with van der Waals surface area (Å²) in [5.41, 5.74) is -0.507. The van der Waals surface area contributed by atoms with Gasteiger partial charge in [-0.05, 0) is 32.1 Å². The van der Waals surface area contributed by atoms with Crippen LogP contribution in [0.5, 0.6) is 0 Å². The van der Waals surface area contributed by atoms with Gasteiger partial charge in [0.25, 0.3) is 0 Å². The van der Waals surface area contributed by atoms with E-state index in [1.807, 2.05) is 0 Å². The van der Waals surface area contributed by atoms with Crippen LogP contribution < -0.4 is 0 Å². The van der Waals surface area contributed by atoms with Crippen molar-refractivity contribution in [2.45, 2.75) is 37.7 Å². The Labute approximate surface area is 85.4 Å². The number of methoxy groups -OCH3 is 1. The summed E-state index contributed by atoms with van der Waals surface area (Å²) < 4.78 is 10.5. The molecule has 0 radical (unpaired) electrons. The molecule has 3 heteroatoms. The Hall–Kier alpha value is -0.120. The van der Waals surface area contributed by atoms with Crippen LogP contribution in [0.1, 0.15) is 32.1 Å². The molecule has 2 rings (SSSR count).